The maximum atomic E-state index is 14.1. The third kappa shape index (κ3) is 2.25. The van der Waals surface area contributed by atoms with E-state index in [0.717, 1.165) is 28.0 Å². The van der Waals surface area contributed by atoms with Gasteiger partial charge in [-0.3, -0.25) is 4.40 Å². The molecular formula is C19H17FN4O. The van der Waals surface area contributed by atoms with E-state index in [2.05, 4.69) is 9.97 Å². The van der Waals surface area contributed by atoms with Gasteiger partial charge in [0.1, 0.15) is 17.2 Å². The molecule has 3 aromatic heterocycles. The number of aryl methyl sites for hydroxylation is 2. The van der Waals surface area contributed by atoms with Gasteiger partial charge in [0.25, 0.3) is 0 Å². The van der Waals surface area contributed by atoms with Crippen molar-refractivity contribution in [3.05, 3.63) is 53.1 Å². The number of methoxy groups -OCH3 is 1. The lowest BCUT2D eigenvalue weighted by Crippen LogP contribution is -2.01. The zero-order valence-electron chi connectivity index (χ0n) is 14.5. The topological polar surface area (TPSA) is 52.3 Å². The van der Waals surface area contributed by atoms with E-state index < -0.39 is 0 Å². The zero-order valence-corrected chi connectivity index (χ0v) is 14.5. The number of benzene rings is 1. The summed E-state index contributed by atoms with van der Waals surface area (Å²) in [6.45, 7) is 5.62. The maximum absolute atomic E-state index is 14.1. The zero-order chi connectivity index (χ0) is 17.7. The van der Waals surface area contributed by atoms with Gasteiger partial charge in [0.2, 0.25) is 5.88 Å². The Balaban J connectivity index is 2.20. The van der Waals surface area contributed by atoms with E-state index in [1.54, 1.807) is 26.2 Å². The van der Waals surface area contributed by atoms with Crippen LogP contribution in [0.2, 0.25) is 0 Å². The van der Waals surface area contributed by atoms with Crippen molar-refractivity contribution in [2.75, 3.05) is 7.11 Å². The molecule has 25 heavy (non-hydrogen) atoms. The molecule has 0 radical (unpaired) electrons. The number of hydrogen-bond acceptors (Lipinski definition) is 4. The van der Waals surface area contributed by atoms with Crippen LogP contribution in [0, 0.1) is 26.6 Å². The van der Waals surface area contributed by atoms with E-state index >= 15 is 0 Å². The van der Waals surface area contributed by atoms with Crippen LogP contribution >= 0.6 is 0 Å². The molecule has 3 heterocycles. The molecule has 0 amide bonds. The summed E-state index contributed by atoms with van der Waals surface area (Å²) >= 11 is 0. The number of rotatable bonds is 2. The van der Waals surface area contributed by atoms with Crippen LogP contribution in [0.5, 0.6) is 5.88 Å². The van der Waals surface area contributed by atoms with Crippen molar-refractivity contribution in [2.24, 2.45) is 0 Å². The Labute approximate surface area is 144 Å². The summed E-state index contributed by atoms with van der Waals surface area (Å²) in [5.41, 5.74) is 5.23. The van der Waals surface area contributed by atoms with Gasteiger partial charge < -0.3 is 4.74 Å². The number of hydrogen-bond donors (Lipinski definition) is 0. The SMILES string of the molecule is COc1ccc2nc(C)c3c(C)nc(-c4cccc(F)c4C)n3c2n1. The van der Waals surface area contributed by atoms with E-state index in [4.69, 9.17) is 9.72 Å². The molecule has 0 fully saturated rings. The molecule has 0 N–H and O–H groups in total. The second-order valence-electron chi connectivity index (χ2n) is 6.01. The molecule has 126 valence electrons. The normalized spacial score (nSPS) is 11.4. The molecule has 0 saturated carbocycles. The van der Waals surface area contributed by atoms with Crippen molar-refractivity contribution in [1.29, 1.82) is 0 Å². The lowest BCUT2D eigenvalue weighted by Gasteiger charge is -2.10. The summed E-state index contributed by atoms with van der Waals surface area (Å²) in [6, 6.07) is 8.66. The molecule has 0 spiro atoms. The van der Waals surface area contributed by atoms with Crippen LogP contribution in [0.1, 0.15) is 17.0 Å². The molecule has 0 aliphatic heterocycles. The smallest absolute Gasteiger partial charge is 0.215 e. The van der Waals surface area contributed by atoms with Crippen molar-refractivity contribution < 1.29 is 9.13 Å². The molecule has 0 bridgehead atoms. The molecule has 0 aliphatic carbocycles. The lowest BCUT2D eigenvalue weighted by molar-refractivity contribution is 0.399. The van der Waals surface area contributed by atoms with Crippen LogP contribution < -0.4 is 4.74 Å². The largest absolute Gasteiger partial charge is 0.481 e. The number of fused-ring (bicyclic) bond motifs is 3. The van der Waals surface area contributed by atoms with Gasteiger partial charge in [-0.15, -0.1) is 0 Å². The Morgan fingerprint density at radius 1 is 0.960 bits per heavy atom. The van der Waals surface area contributed by atoms with Gasteiger partial charge in [-0.05, 0) is 38.5 Å². The molecule has 5 nitrogen and oxygen atoms in total. The third-order valence-electron chi connectivity index (χ3n) is 4.44. The highest BCUT2D eigenvalue weighted by atomic mass is 19.1. The van der Waals surface area contributed by atoms with E-state index in [-0.39, 0.29) is 5.82 Å². The van der Waals surface area contributed by atoms with Crippen LogP contribution in [-0.2, 0) is 0 Å². The average molecular weight is 336 g/mol. The molecule has 6 heteroatoms. The fourth-order valence-electron chi connectivity index (χ4n) is 3.21. The van der Waals surface area contributed by atoms with Gasteiger partial charge in [0, 0.05) is 11.6 Å². The first-order valence-corrected chi connectivity index (χ1v) is 7.97. The van der Waals surface area contributed by atoms with Gasteiger partial charge in [-0.25, -0.2) is 14.4 Å². The van der Waals surface area contributed by atoms with E-state index in [1.807, 2.05) is 30.4 Å². The first-order valence-electron chi connectivity index (χ1n) is 7.97. The van der Waals surface area contributed by atoms with Crippen LogP contribution in [-0.4, -0.2) is 26.5 Å². The van der Waals surface area contributed by atoms with Crippen molar-refractivity contribution >= 4 is 16.7 Å². The Kier molecular flexibility index (Phi) is 3.42. The molecular weight excluding hydrogens is 319 g/mol. The molecule has 0 atom stereocenters. The highest BCUT2D eigenvalue weighted by Crippen LogP contribution is 2.30. The lowest BCUT2D eigenvalue weighted by atomic mass is 10.1. The van der Waals surface area contributed by atoms with Gasteiger partial charge in [0.05, 0.1) is 24.0 Å². The summed E-state index contributed by atoms with van der Waals surface area (Å²) in [5.74, 6) is 0.890. The first kappa shape index (κ1) is 15.5. The van der Waals surface area contributed by atoms with Gasteiger partial charge >= 0.3 is 0 Å². The monoisotopic (exact) mass is 336 g/mol. The molecule has 0 saturated heterocycles. The van der Waals surface area contributed by atoms with Gasteiger partial charge in [0.15, 0.2) is 5.65 Å². The highest BCUT2D eigenvalue weighted by molar-refractivity contribution is 5.81. The minimum Gasteiger partial charge on any atom is -0.481 e. The summed E-state index contributed by atoms with van der Waals surface area (Å²) in [7, 11) is 1.57. The summed E-state index contributed by atoms with van der Waals surface area (Å²) in [4.78, 5) is 13.9. The number of imidazole rings is 1. The van der Waals surface area contributed by atoms with Crippen molar-refractivity contribution in [1.82, 2.24) is 19.4 Å². The fourth-order valence-corrected chi connectivity index (χ4v) is 3.21. The van der Waals surface area contributed by atoms with E-state index in [0.29, 0.717) is 22.9 Å². The van der Waals surface area contributed by atoms with Gasteiger partial charge in [-0.2, -0.15) is 4.98 Å². The van der Waals surface area contributed by atoms with Crippen molar-refractivity contribution in [3.63, 3.8) is 0 Å². The summed E-state index contributed by atoms with van der Waals surface area (Å²) in [5, 5.41) is 0. The molecule has 0 aliphatic rings. The number of halogens is 1. The average Bonchev–Trinajstić information content (AvgIpc) is 2.95. The molecule has 4 rings (SSSR count). The van der Waals surface area contributed by atoms with Crippen molar-refractivity contribution in [2.45, 2.75) is 20.8 Å². The number of aromatic nitrogens is 4. The number of pyridine rings is 1. The second-order valence-corrected chi connectivity index (χ2v) is 6.01. The predicted molar refractivity (Wildman–Crippen MR) is 94.4 cm³/mol. The van der Waals surface area contributed by atoms with Crippen LogP contribution in [0.3, 0.4) is 0 Å². The second kappa shape index (κ2) is 5.51. The van der Waals surface area contributed by atoms with E-state index in [1.165, 1.54) is 6.07 Å². The molecule has 1 aromatic carbocycles. The quantitative estimate of drug-likeness (QED) is 0.555. The van der Waals surface area contributed by atoms with Crippen LogP contribution in [0.15, 0.2) is 30.3 Å². The molecule has 0 unspecified atom stereocenters. The van der Waals surface area contributed by atoms with Crippen LogP contribution in [0.4, 0.5) is 4.39 Å². The van der Waals surface area contributed by atoms with Gasteiger partial charge in [-0.1, -0.05) is 12.1 Å². The number of nitrogens with zero attached hydrogens (tertiary/aromatic N) is 4. The van der Waals surface area contributed by atoms with Crippen molar-refractivity contribution in [3.8, 4) is 17.3 Å². The fraction of sp³-hybridized carbons (Fsp3) is 0.211. The summed E-state index contributed by atoms with van der Waals surface area (Å²) in [6.07, 6.45) is 0. The molecule has 4 aromatic rings. The minimum absolute atomic E-state index is 0.257. The first-order chi connectivity index (χ1) is 12.0. The number of ether oxygens (including phenoxy) is 1. The van der Waals surface area contributed by atoms with E-state index in [9.17, 15) is 4.39 Å². The Hall–Kier alpha value is -3.02. The minimum atomic E-state index is -0.257. The Morgan fingerprint density at radius 3 is 2.48 bits per heavy atom. The standard InChI is InChI=1S/C19H17FN4O/c1-10-13(6-5-7-14(10)20)18-22-12(3)17-11(2)21-15-8-9-16(25-4)23-19(15)24(17)18/h5-9H,1-4H3. The highest BCUT2D eigenvalue weighted by Gasteiger charge is 2.19. The summed E-state index contributed by atoms with van der Waals surface area (Å²) < 4.78 is 21.3. The third-order valence-corrected chi connectivity index (χ3v) is 4.44. The Morgan fingerprint density at radius 2 is 1.72 bits per heavy atom. The predicted octanol–water partition coefficient (Wildman–Crippen LogP) is 4.02. The van der Waals surface area contributed by atoms with Crippen LogP contribution in [0.25, 0.3) is 28.1 Å². The Bertz CT molecular complexity index is 1130. The maximum Gasteiger partial charge on any atom is 0.215 e.